The van der Waals surface area contributed by atoms with Crippen LogP contribution in [-0.2, 0) is 9.53 Å². The van der Waals surface area contributed by atoms with Crippen molar-refractivity contribution >= 4 is 44.4 Å². The van der Waals surface area contributed by atoms with Gasteiger partial charge < -0.3 is 10.1 Å². The van der Waals surface area contributed by atoms with Gasteiger partial charge in [-0.1, -0.05) is 34.1 Å². The number of pyridine rings is 1. The molecule has 1 aromatic heterocycles. The number of para-hydroxylation sites is 1. The fourth-order valence-electron chi connectivity index (χ4n) is 2.77. The molecule has 0 bridgehead atoms. The zero-order chi connectivity index (χ0) is 18.7. The van der Waals surface area contributed by atoms with E-state index in [-0.39, 0.29) is 6.61 Å². The smallest absolute Gasteiger partial charge is 0.340 e. The number of ether oxygens (including phenoxy) is 1. The van der Waals surface area contributed by atoms with Gasteiger partial charge in [0.05, 0.1) is 16.8 Å². The Morgan fingerprint density at radius 1 is 1.08 bits per heavy atom. The van der Waals surface area contributed by atoms with Crippen LogP contribution >= 0.6 is 15.9 Å². The molecule has 3 rings (SSSR count). The van der Waals surface area contributed by atoms with Crippen LogP contribution in [0.3, 0.4) is 0 Å². The fourth-order valence-corrected chi connectivity index (χ4v) is 3.03. The first-order valence-corrected chi connectivity index (χ1v) is 8.83. The van der Waals surface area contributed by atoms with Crippen molar-refractivity contribution in [3.05, 3.63) is 69.8 Å². The molecule has 132 valence electrons. The minimum atomic E-state index is -0.552. The van der Waals surface area contributed by atoms with Gasteiger partial charge in [0, 0.05) is 15.5 Å². The van der Waals surface area contributed by atoms with E-state index in [2.05, 4.69) is 26.2 Å². The zero-order valence-electron chi connectivity index (χ0n) is 14.4. The van der Waals surface area contributed by atoms with E-state index in [9.17, 15) is 9.59 Å². The van der Waals surface area contributed by atoms with Crippen molar-refractivity contribution < 1.29 is 14.3 Å². The van der Waals surface area contributed by atoms with Gasteiger partial charge in [0.15, 0.2) is 6.61 Å². The van der Waals surface area contributed by atoms with Crippen molar-refractivity contribution in [1.82, 2.24) is 4.98 Å². The van der Waals surface area contributed by atoms with Gasteiger partial charge in [0.2, 0.25) is 0 Å². The maximum atomic E-state index is 12.5. The van der Waals surface area contributed by atoms with Crippen LogP contribution in [0.5, 0.6) is 0 Å². The molecule has 1 heterocycles. The third-order valence-corrected chi connectivity index (χ3v) is 4.53. The lowest BCUT2D eigenvalue weighted by Crippen LogP contribution is -2.22. The molecule has 5 nitrogen and oxygen atoms in total. The molecular weight excluding hydrogens is 396 g/mol. The Hall–Kier alpha value is -2.73. The number of aromatic nitrogens is 1. The van der Waals surface area contributed by atoms with Crippen LogP contribution in [0.2, 0.25) is 0 Å². The van der Waals surface area contributed by atoms with E-state index in [1.165, 1.54) is 0 Å². The zero-order valence-corrected chi connectivity index (χ0v) is 16.0. The number of amides is 1. The van der Waals surface area contributed by atoms with E-state index in [0.29, 0.717) is 16.9 Å². The Balaban J connectivity index is 1.71. The molecule has 0 saturated heterocycles. The first-order valence-electron chi connectivity index (χ1n) is 8.04. The molecule has 0 aliphatic carbocycles. The molecule has 1 amide bonds. The average Bonchev–Trinajstić information content (AvgIpc) is 2.62. The summed E-state index contributed by atoms with van der Waals surface area (Å²) in [6.07, 6.45) is 0. The first kappa shape index (κ1) is 18.1. The Labute approximate surface area is 159 Å². The number of nitrogens with zero attached hydrogens (tertiary/aromatic N) is 1. The summed E-state index contributed by atoms with van der Waals surface area (Å²) in [5.41, 5.74) is 3.24. The van der Waals surface area contributed by atoms with Gasteiger partial charge in [-0.3, -0.25) is 9.78 Å². The quantitative estimate of drug-likeness (QED) is 0.644. The van der Waals surface area contributed by atoms with Crippen molar-refractivity contribution in [2.24, 2.45) is 0 Å². The molecule has 0 radical (unpaired) electrons. The number of esters is 1. The molecule has 26 heavy (non-hydrogen) atoms. The number of benzene rings is 2. The lowest BCUT2D eigenvalue weighted by Gasteiger charge is -2.12. The summed E-state index contributed by atoms with van der Waals surface area (Å²) >= 11 is 3.33. The molecule has 0 fully saturated rings. The summed E-state index contributed by atoms with van der Waals surface area (Å²) in [5.74, 6) is -0.950. The van der Waals surface area contributed by atoms with E-state index in [1.807, 2.05) is 43.3 Å². The van der Waals surface area contributed by atoms with Gasteiger partial charge in [0.1, 0.15) is 0 Å². The molecule has 0 aliphatic heterocycles. The van der Waals surface area contributed by atoms with Crippen molar-refractivity contribution in [2.45, 2.75) is 13.8 Å². The van der Waals surface area contributed by atoms with E-state index in [1.54, 1.807) is 19.1 Å². The summed E-state index contributed by atoms with van der Waals surface area (Å²) in [5, 5.41) is 3.58. The first-order chi connectivity index (χ1) is 12.5. The van der Waals surface area contributed by atoms with E-state index in [0.717, 1.165) is 20.9 Å². The number of nitrogens with one attached hydrogen (secondary N) is 1. The largest absolute Gasteiger partial charge is 0.452 e. The lowest BCUT2D eigenvalue weighted by atomic mass is 10.0. The van der Waals surface area contributed by atoms with Crippen LogP contribution in [0.4, 0.5) is 5.69 Å². The van der Waals surface area contributed by atoms with Gasteiger partial charge in [-0.2, -0.15) is 0 Å². The molecule has 0 unspecified atom stereocenters. The summed E-state index contributed by atoms with van der Waals surface area (Å²) < 4.78 is 6.11. The minimum Gasteiger partial charge on any atom is -0.452 e. The van der Waals surface area contributed by atoms with Crippen molar-refractivity contribution in [2.75, 3.05) is 11.9 Å². The number of rotatable bonds is 4. The number of carbonyl (C=O) groups excluding carboxylic acids is 2. The Bertz CT molecular complexity index is 984. The van der Waals surface area contributed by atoms with Crippen molar-refractivity contribution in [3.63, 3.8) is 0 Å². The van der Waals surface area contributed by atoms with Gasteiger partial charge in [-0.15, -0.1) is 0 Å². The highest BCUT2D eigenvalue weighted by Gasteiger charge is 2.18. The van der Waals surface area contributed by atoms with E-state index in [4.69, 9.17) is 4.74 Å². The summed E-state index contributed by atoms with van der Waals surface area (Å²) in [6, 6.07) is 14.7. The monoisotopic (exact) mass is 412 g/mol. The van der Waals surface area contributed by atoms with E-state index >= 15 is 0 Å². The molecule has 0 saturated carbocycles. The third kappa shape index (κ3) is 3.91. The fraction of sp³-hybridized carbons (Fsp3) is 0.150. The van der Waals surface area contributed by atoms with Gasteiger partial charge >= 0.3 is 5.97 Å². The summed E-state index contributed by atoms with van der Waals surface area (Å²) in [7, 11) is 0. The Morgan fingerprint density at radius 2 is 1.77 bits per heavy atom. The number of halogens is 1. The van der Waals surface area contributed by atoms with Crippen LogP contribution in [0, 0.1) is 13.8 Å². The van der Waals surface area contributed by atoms with E-state index < -0.39 is 11.9 Å². The molecule has 0 atom stereocenters. The van der Waals surface area contributed by atoms with Gasteiger partial charge in [0.25, 0.3) is 5.91 Å². The Kier molecular flexibility index (Phi) is 5.32. The predicted octanol–water partition coefficient (Wildman–Crippen LogP) is 4.41. The average molecular weight is 413 g/mol. The molecule has 0 aliphatic rings. The van der Waals surface area contributed by atoms with Crippen molar-refractivity contribution in [1.29, 1.82) is 0 Å². The third-order valence-electron chi connectivity index (χ3n) is 4.00. The van der Waals surface area contributed by atoms with Crippen LogP contribution in [0.1, 0.15) is 21.6 Å². The number of anilines is 1. The molecular formula is C20H17BrN2O3. The lowest BCUT2D eigenvalue weighted by molar-refractivity contribution is -0.119. The SMILES string of the molecule is Cc1nc2ccccc2c(C)c1C(=O)OCC(=O)Nc1ccc(Br)cc1. The molecule has 1 N–H and O–H groups in total. The van der Waals surface area contributed by atoms with Crippen molar-refractivity contribution in [3.8, 4) is 0 Å². The minimum absolute atomic E-state index is 0.361. The van der Waals surface area contributed by atoms with Crippen LogP contribution in [0.15, 0.2) is 53.0 Å². The van der Waals surface area contributed by atoms with Gasteiger partial charge in [-0.25, -0.2) is 4.79 Å². The number of hydrogen-bond donors (Lipinski definition) is 1. The highest BCUT2D eigenvalue weighted by Crippen LogP contribution is 2.23. The normalized spacial score (nSPS) is 10.6. The summed E-state index contributed by atoms with van der Waals surface area (Å²) in [6.45, 7) is 3.26. The number of carbonyl (C=O) groups is 2. The predicted molar refractivity (Wildman–Crippen MR) is 104 cm³/mol. The highest BCUT2D eigenvalue weighted by atomic mass is 79.9. The molecule has 2 aromatic carbocycles. The maximum Gasteiger partial charge on any atom is 0.340 e. The molecule has 3 aromatic rings. The number of aryl methyl sites for hydroxylation is 2. The summed E-state index contributed by atoms with van der Waals surface area (Å²) in [4.78, 5) is 28.9. The molecule has 0 spiro atoms. The topological polar surface area (TPSA) is 68.3 Å². The maximum absolute atomic E-state index is 12.5. The number of hydrogen-bond acceptors (Lipinski definition) is 4. The van der Waals surface area contributed by atoms with Crippen LogP contribution < -0.4 is 5.32 Å². The number of fused-ring (bicyclic) bond motifs is 1. The standard InChI is InChI=1S/C20H17BrN2O3/c1-12-16-5-3-4-6-17(16)22-13(2)19(12)20(25)26-11-18(24)23-15-9-7-14(21)8-10-15/h3-10H,11H2,1-2H3,(H,23,24). The second-order valence-electron chi connectivity index (χ2n) is 5.85. The highest BCUT2D eigenvalue weighted by molar-refractivity contribution is 9.10. The van der Waals surface area contributed by atoms with Crippen LogP contribution in [0.25, 0.3) is 10.9 Å². The molecule has 6 heteroatoms. The second-order valence-corrected chi connectivity index (χ2v) is 6.76. The van der Waals surface area contributed by atoms with Gasteiger partial charge in [-0.05, 0) is 49.7 Å². The Morgan fingerprint density at radius 3 is 2.50 bits per heavy atom. The van der Waals surface area contributed by atoms with Crippen LogP contribution in [-0.4, -0.2) is 23.5 Å². The second kappa shape index (κ2) is 7.66.